The number of piperazine rings is 1. The van der Waals surface area contributed by atoms with Crippen molar-refractivity contribution in [1.82, 2.24) is 20.2 Å². The summed E-state index contributed by atoms with van der Waals surface area (Å²) in [6, 6.07) is 12.9. The zero-order valence-electron chi connectivity index (χ0n) is 19.2. The van der Waals surface area contributed by atoms with E-state index in [0.29, 0.717) is 30.3 Å². The number of carbonyl (C=O) groups is 3. The van der Waals surface area contributed by atoms with Crippen LogP contribution in [-0.4, -0.2) is 65.4 Å². The summed E-state index contributed by atoms with van der Waals surface area (Å²) in [4.78, 5) is 48.3. The lowest BCUT2D eigenvalue weighted by atomic mass is 10.0. The number of amides is 3. The molecule has 184 valence electrons. The Morgan fingerprint density at radius 2 is 1.92 bits per heavy atom. The highest BCUT2D eigenvalue weighted by molar-refractivity contribution is 6.33. The molecule has 0 spiro atoms. The zero-order valence-corrected chi connectivity index (χ0v) is 20.0. The number of carbonyl (C=O) groups excluding carboxylic acids is 3. The maximum Gasteiger partial charge on any atom is 0.267 e. The van der Waals surface area contributed by atoms with Crippen LogP contribution in [0.5, 0.6) is 5.88 Å². The average Bonchev–Trinajstić information content (AvgIpc) is 3.04. The van der Waals surface area contributed by atoms with Gasteiger partial charge in [-0.25, -0.2) is 9.97 Å². The predicted octanol–water partition coefficient (Wildman–Crippen LogP) is 1.92. The molecule has 3 heterocycles. The van der Waals surface area contributed by atoms with Crippen LogP contribution in [-0.2, 0) is 16.0 Å². The molecule has 0 unspecified atom stereocenters. The Hall–Kier alpha value is -4.18. The van der Waals surface area contributed by atoms with Crippen LogP contribution in [0.4, 0.5) is 11.5 Å². The maximum absolute atomic E-state index is 13.1. The summed E-state index contributed by atoms with van der Waals surface area (Å²) in [5.74, 6) is -0.340. The van der Waals surface area contributed by atoms with E-state index in [2.05, 4.69) is 15.3 Å². The molecule has 0 saturated carbocycles. The van der Waals surface area contributed by atoms with E-state index in [-0.39, 0.29) is 54.6 Å². The molecule has 0 bridgehead atoms. The van der Waals surface area contributed by atoms with Gasteiger partial charge in [-0.15, -0.1) is 0 Å². The fourth-order valence-corrected chi connectivity index (χ4v) is 4.58. The van der Waals surface area contributed by atoms with Gasteiger partial charge in [0.25, 0.3) is 5.91 Å². The number of rotatable bonds is 4. The van der Waals surface area contributed by atoms with Crippen molar-refractivity contribution in [3.8, 4) is 17.0 Å². The van der Waals surface area contributed by atoms with Gasteiger partial charge in [-0.05, 0) is 29.3 Å². The Bertz CT molecular complexity index is 1350. The number of fused-ring (bicyclic) bond motifs is 1. The van der Waals surface area contributed by atoms with Crippen LogP contribution in [0.25, 0.3) is 11.1 Å². The second kappa shape index (κ2) is 9.82. The molecule has 5 rings (SSSR count). The van der Waals surface area contributed by atoms with Gasteiger partial charge in [-0.1, -0.05) is 35.9 Å². The molecular formula is C25H23ClN6O4. The van der Waals surface area contributed by atoms with Crippen molar-refractivity contribution in [3.63, 3.8) is 0 Å². The molecule has 11 heteroatoms. The van der Waals surface area contributed by atoms with Gasteiger partial charge in [-0.3, -0.25) is 14.4 Å². The number of nitrogen functional groups attached to an aromatic ring is 1. The highest BCUT2D eigenvalue weighted by Crippen LogP contribution is 2.32. The highest BCUT2D eigenvalue weighted by atomic mass is 35.5. The van der Waals surface area contributed by atoms with Crippen LogP contribution >= 0.6 is 11.6 Å². The number of aromatic nitrogens is 2. The Kier molecular flexibility index (Phi) is 6.43. The third-order valence-corrected chi connectivity index (χ3v) is 6.44. The van der Waals surface area contributed by atoms with Crippen molar-refractivity contribution in [2.24, 2.45) is 0 Å². The summed E-state index contributed by atoms with van der Waals surface area (Å²) < 4.78 is 5.58. The number of halogens is 1. The van der Waals surface area contributed by atoms with Crippen molar-refractivity contribution >= 4 is 40.8 Å². The first-order valence-corrected chi connectivity index (χ1v) is 11.8. The lowest BCUT2D eigenvalue weighted by Crippen LogP contribution is -2.50. The first-order chi connectivity index (χ1) is 17.4. The SMILES string of the molecule is Nc1ncnc2c1C(=O)N(c1ccc(-c3ccc(CC(=O)N4CCNC(=O)C4)cc3Cl)cc1)CCO2. The molecule has 1 saturated heterocycles. The van der Waals surface area contributed by atoms with Crippen LogP contribution in [0, 0.1) is 0 Å². The topological polar surface area (TPSA) is 131 Å². The number of nitrogens with zero attached hydrogens (tertiary/aromatic N) is 4. The van der Waals surface area contributed by atoms with Gasteiger partial charge in [-0.2, -0.15) is 0 Å². The van der Waals surface area contributed by atoms with E-state index in [4.69, 9.17) is 22.1 Å². The second-order valence-electron chi connectivity index (χ2n) is 8.45. The monoisotopic (exact) mass is 506 g/mol. The summed E-state index contributed by atoms with van der Waals surface area (Å²) in [5.41, 5.74) is 9.16. The van der Waals surface area contributed by atoms with E-state index in [9.17, 15) is 14.4 Å². The van der Waals surface area contributed by atoms with Gasteiger partial charge < -0.3 is 25.6 Å². The number of hydrogen-bond acceptors (Lipinski definition) is 7. The van der Waals surface area contributed by atoms with E-state index in [1.54, 1.807) is 15.9 Å². The first kappa shape index (κ1) is 23.6. The van der Waals surface area contributed by atoms with E-state index < -0.39 is 0 Å². The fraction of sp³-hybridized carbons (Fsp3) is 0.240. The molecule has 0 radical (unpaired) electrons. The van der Waals surface area contributed by atoms with Crippen LogP contribution in [0.15, 0.2) is 48.8 Å². The molecule has 3 N–H and O–H groups in total. The van der Waals surface area contributed by atoms with Crippen molar-refractivity contribution in [2.45, 2.75) is 6.42 Å². The van der Waals surface area contributed by atoms with Gasteiger partial charge in [0.15, 0.2) is 0 Å². The first-order valence-electron chi connectivity index (χ1n) is 11.4. The molecule has 0 aliphatic carbocycles. The molecule has 2 aliphatic rings. The smallest absolute Gasteiger partial charge is 0.267 e. The van der Waals surface area contributed by atoms with Crippen LogP contribution in [0.2, 0.25) is 5.02 Å². The van der Waals surface area contributed by atoms with Gasteiger partial charge >= 0.3 is 0 Å². The number of nitrogens with one attached hydrogen (secondary N) is 1. The van der Waals surface area contributed by atoms with E-state index >= 15 is 0 Å². The lowest BCUT2D eigenvalue weighted by molar-refractivity contribution is -0.137. The highest BCUT2D eigenvalue weighted by Gasteiger charge is 2.28. The van der Waals surface area contributed by atoms with Crippen molar-refractivity contribution < 1.29 is 19.1 Å². The fourth-order valence-electron chi connectivity index (χ4n) is 4.27. The number of ether oxygens (including phenoxy) is 1. The van der Waals surface area contributed by atoms with E-state index in [1.807, 2.05) is 36.4 Å². The minimum atomic E-state index is -0.327. The van der Waals surface area contributed by atoms with Gasteiger partial charge in [0.1, 0.15) is 24.3 Å². The number of nitrogens with two attached hydrogens (primary N) is 1. The summed E-state index contributed by atoms with van der Waals surface area (Å²) in [5, 5.41) is 3.21. The van der Waals surface area contributed by atoms with Crippen molar-refractivity contribution in [1.29, 1.82) is 0 Å². The average molecular weight is 507 g/mol. The zero-order chi connectivity index (χ0) is 25.2. The molecule has 0 atom stereocenters. The summed E-state index contributed by atoms with van der Waals surface area (Å²) in [6.07, 6.45) is 1.43. The molecule has 2 aromatic carbocycles. The van der Waals surface area contributed by atoms with Gasteiger partial charge in [0.05, 0.1) is 19.5 Å². The summed E-state index contributed by atoms with van der Waals surface area (Å²) >= 11 is 6.57. The van der Waals surface area contributed by atoms with E-state index in [1.165, 1.54) is 6.33 Å². The van der Waals surface area contributed by atoms with Crippen molar-refractivity contribution in [3.05, 3.63) is 64.9 Å². The maximum atomic E-state index is 13.1. The lowest BCUT2D eigenvalue weighted by Gasteiger charge is -2.26. The molecule has 1 aromatic heterocycles. The minimum Gasteiger partial charge on any atom is -0.475 e. The molecule has 2 aliphatic heterocycles. The number of hydrogen-bond donors (Lipinski definition) is 2. The molecule has 10 nitrogen and oxygen atoms in total. The molecule has 3 amide bonds. The van der Waals surface area contributed by atoms with Crippen molar-refractivity contribution in [2.75, 3.05) is 43.4 Å². The quantitative estimate of drug-likeness (QED) is 0.552. The molecule has 3 aromatic rings. The third kappa shape index (κ3) is 4.67. The predicted molar refractivity (Wildman–Crippen MR) is 134 cm³/mol. The molecule has 36 heavy (non-hydrogen) atoms. The Labute approximate surface area is 212 Å². The Morgan fingerprint density at radius 1 is 1.11 bits per heavy atom. The number of anilines is 2. The Morgan fingerprint density at radius 3 is 2.67 bits per heavy atom. The third-order valence-electron chi connectivity index (χ3n) is 6.12. The number of benzene rings is 2. The normalized spacial score (nSPS) is 15.6. The largest absolute Gasteiger partial charge is 0.475 e. The van der Waals surface area contributed by atoms with E-state index in [0.717, 1.165) is 16.7 Å². The van der Waals surface area contributed by atoms with Crippen LogP contribution < -0.4 is 20.7 Å². The van der Waals surface area contributed by atoms with Crippen LogP contribution in [0.1, 0.15) is 15.9 Å². The molecule has 1 fully saturated rings. The summed E-state index contributed by atoms with van der Waals surface area (Å²) in [7, 11) is 0. The second-order valence-corrected chi connectivity index (χ2v) is 8.85. The van der Waals surface area contributed by atoms with Gasteiger partial charge in [0, 0.05) is 29.4 Å². The molecular weight excluding hydrogens is 484 g/mol. The Balaban J connectivity index is 1.32. The minimum absolute atomic E-state index is 0.0717. The van der Waals surface area contributed by atoms with Crippen LogP contribution in [0.3, 0.4) is 0 Å². The summed E-state index contributed by atoms with van der Waals surface area (Å²) in [6.45, 7) is 1.64. The standard InChI is InChI=1S/C25H23ClN6O4/c26-19-11-15(12-21(34)31-8-7-28-20(33)13-31)1-6-18(19)16-2-4-17(5-3-16)32-9-10-36-24-22(25(32)35)23(27)29-14-30-24/h1-6,11,14H,7-10,12-13H2,(H,28,33)(H2,27,29,30). The van der Waals surface area contributed by atoms with Gasteiger partial charge in [0.2, 0.25) is 17.7 Å².